The summed E-state index contributed by atoms with van der Waals surface area (Å²) in [6, 6.07) is 0. The molecule has 0 aliphatic heterocycles. The highest BCUT2D eigenvalue weighted by Gasteiger charge is 1.79. The van der Waals surface area contributed by atoms with Crippen LogP contribution in [0.4, 0.5) is 0 Å². The minimum Gasteiger partial charge on any atom is -0.0888 e. The molecule has 0 unspecified atom stereocenters. The third kappa shape index (κ3) is 11.2. The molecule has 80 valence electrons. The van der Waals surface area contributed by atoms with Gasteiger partial charge in [0.15, 0.2) is 0 Å². The second-order valence-corrected chi connectivity index (χ2v) is 3.40. The van der Waals surface area contributed by atoms with Gasteiger partial charge >= 0.3 is 0 Å². The molecule has 0 N–H and O–H groups in total. The second kappa shape index (κ2) is 12.2. The quantitative estimate of drug-likeness (QED) is 0.373. The van der Waals surface area contributed by atoms with Gasteiger partial charge in [0.05, 0.1) is 0 Å². The molecule has 0 fully saturated rings. The fourth-order valence-electron chi connectivity index (χ4n) is 1.19. The summed E-state index contributed by atoms with van der Waals surface area (Å²) < 4.78 is 0. The SMILES string of the molecule is CCC=CCC=CCCCC=CCC. The maximum Gasteiger partial charge on any atom is -0.0169 e. The van der Waals surface area contributed by atoms with E-state index in [0.29, 0.717) is 0 Å². The van der Waals surface area contributed by atoms with Gasteiger partial charge in [0, 0.05) is 0 Å². The molecule has 0 heteroatoms. The Bertz CT molecular complexity index is 172. The fraction of sp³-hybridized carbons (Fsp3) is 0.571. The first kappa shape index (κ1) is 13.2. The Morgan fingerprint density at radius 1 is 0.643 bits per heavy atom. The molecular formula is C14H24. The lowest BCUT2D eigenvalue weighted by molar-refractivity contribution is 0.863. The van der Waals surface area contributed by atoms with Crippen LogP contribution in [0.3, 0.4) is 0 Å². The van der Waals surface area contributed by atoms with Crippen LogP contribution in [0.1, 0.15) is 52.4 Å². The molecule has 0 radical (unpaired) electrons. The highest BCUT2D eigenvalue weighted by molar-refractivity contribution is 4.92. The Morgan fingerprint density at radius 3 is 1.79 bits per heavy atom. The zero-order chi connectivity index (χ0) is 10.5. The summed E-state index contributed by atoms with van der Waals surface area (Å²) in [7, 11) is 0. The molecule has 0 atom stereocenters. The maximum absolute atomic E-state index is 2.29. The van der Waals surface area contributed by atoms with E-state index in [0.717, 1.165) is 19.3 Å². The molecule has 0 saturated heterocycles. The van der Waals surface area contributed by atoms with Gasteiger partial charge in [0.25, 0.3) is 0 Å². The van der Waals surface area contributed by atoms with E-state index >= 15 is 0 Å². The Labute approximate surface area is 89.4 Å². The zero-order valence-electron chi connectivity index (χ0n) is 9.71. The number of rotatable bonds is 8. The van der Waals surface area contributed by atoms with Crippen LogP contribution in [0.25, 0.3) is 0 Å². The standard InChI is InChI=1S/C14H24/c1-3-5-7-9-11-13-14-12-10-8-6-4-2/h5-8,11,13H,3-4,9-10,12,14H2,1-2H3. The third-order valence-corrected chi connectivity index (χ3v) is 1.99. The van der Waals surface area contributed by atoms with Crippen LogP contribution < -0.4 is 0 Å². The van der Waals surface area contributed by atoms with Crippen molar-refractivity contribution in [3.05, 3.63) is 36.5 Å². The van der Waals surface area contributed by atoms with Gasteiger partial charge in [0.2, 0.25) is 0 Å². The van der Waals surface area contributed by atoms with Gasteiger partial charge in [-0.2, -0.15) is 0 Å². The van der Waals surface area contributed by atoms with Crippen molar-refractivity contribution >= 4 is 0 Å². The zero-order valence-corrected chi connectivity index (χ0v) is 9.71. The van der Waals surface area contributed by atoms with Crippen molar-refractivity contribution in [2.24, 2.45) is 0 Å². The maximum atomic E-state index is 2.29. The van der Waals surface area contributed by atoms with E-state index in [1.807, 2.05) is 0 Å². The largest absolute Gasteiger partial charge is 0.0888 e. The molecule has 0 aromatic carbocycles. The summed E-state index contributed by atoms with van der Waals surface area (Å²) in [5, 5.41) is 0. The van der Waals surface area contributed by atoms with Crippen LogP contribution in [0.2, 0.25) is 0 Å². The number of allylic oxidation sites excluding steroid dienone is 6. The highest BCUT2D eigenvalue weighted by atomic mass is 13.9. The topological polar surface area (TPSA) is 0 Å². The van der Waals surface area contributed by atoms with Gasteiger partial charge in [0.1, 0.15) is 0 Å². The molecule has 0 aliphatic carbocycles. The number of unbranched alkanes of at least 4 members (excludes halogenated alkanes) is 2. The normalized spacial score (nSPS) is 12.4. The number of hydrogen-bond acceptors (Lipinski definition) is 0. The van der Waals surface area contributed by atoms with E-state index < -0.39 is 0 Å². The number of hydrogen-bond donors (Lipinski definition) is 0. The van der Waals surface area contributed by atoms with E-state index in [-0.39, 0.29) is 0 Å². The molecule has 0 aromatic heterocycles. The van der Waals surface area contributed by atoms with Gasteiger partial charge < -0.3 is 0 Å². The molecular weight excluding hydrogens is 168 g/mol. The van der Waals surface area contributed by atoms with E-state index in [1.165, 1.54) is 19.3 Å². The molecule has 14 heavy (non-hydrogen) atoms. The predicted octanol–water partition coefficient (Wildman–Crippen LogP) is 5.04. The van der Waals surface area contributed by atoms with E-state index in [9.17, 15) is 0 Å². The fourth-order valence-corrected chi connectivity index (χ4v) is 1.19. The van der Waals surface area contributed by atoms with E-state index in [2.05, 4.69) is 50.3 Å². The van der Waals surface area contributed by atoms with Crippen molar-refractivity contribution in [3.8, 4) is 0 Å². The smallest absolute Gasteiger partial charge is 0.0169 e. The lowest BCUT2D eigenvalue weighted by Gasteiger charge is -1.89. The van der Waals surface area contributed by atoms with Crippen molar-refractivity contribution in [1.82, 2.24) is 0 Å². The van der Waals surface area contributed by atoms with E-state index in [1.54, 1.807) is 0 Å². The lowest BCUT2D eigenvalue weighted by Crippen LogP contribution is -1.69. The molecule has 0 aliphatic rings. The van der Waals surface area contributed by atoms with Crippen molar-refractivity contribution < 1.29 is 0 Å². The molecule has 0 saturated carbocycles. The molecule has 0 aromatic rings. The van der Waals surface area contributed by atoms with Gasteiger partial charge in [-0.1, -0.05) is 50.3 Å². The van der Waals surface area contributed by atoms with Crippen molar-refractivity contribution in [3.63, 3.8) is 0 Å². The molecule has 0 spiro atoms. The first-order chi connectivity index (χ1) is 6.91. The monoisotopic (exact) mass is 192 g/mol. The van der Waals surface area contributed by atoms with Gasteiger partial charge in [-0.3, -0.25) is 0 Å². The van der Waals surface area contributed by atoms with E-state index in [4.69, 9.17) is 0 Å². The summed E-state index contributed by atoms with van der Waals surface area (Å²) in [6.45, 7) is 4.34. The average Bonchev–Trinajstić information content (AvgIpc) is 2.21. The lowest BCUT2D eigenvalue weighted by atomic mass is 10.2. The summed E-state index contributed by atoms with van der Waals surface area (Å²) in [5.74, 6) is 0. The summed E-state index contributed by atoms with van der Waals surface area (Å²) in [4.78, 5) is 0. The van der Waals surface area contributed by atoms with Crippen LogP contribution in [0.15, 0.2) is 36.5 Å². The van der Waals surface area contributed by atoms with Crippen LogP contribution in [-0.4, -0.2) is 0 Å². The first-order valence-corrected chi connectivity index (χ1v) is 5.86. The molecule has 0 heterocycles. The highest BCUT2D eigenvalue weighted by Crippen LogP contribution is 1.99. The second-order valence-electron chi connectivity index (χ2n) is 3.40. The Kier molecular flexibility index (Phi) is 11.5. The van der Waals surface area contributed by atoms with Gasteiger partial charge in [-0.05, 0) is 38.5 Å². The third-order valence-electron chi connectivity index (χ3n) is 1.99. The molecule has 0 bridgehead atoms. The van der Waals surface area contributed by atoms with Crippen LogP contribution >= 0.6 is 0 Å². The molecule has 0 amide bonds. The van der Waals surface area contributed by atoms with Crippen molar-refractivity contribution in [2.45, 2.75) is 52.4 Å². The molecule has 0 nitrogen and oxygen atoms in total. The van der Waals surface area contributed by atoms with Gasteiger partial charge in [-0.25, -0.2) is 0 Å². The van der Waals surface area contributed by atoms with Crippen molar-refractivity contribution in [2.75, 3.05) is 0 Å². The Balaban J connectivity index is 3.18. The van der Waals surface area contributed by atoms with Crippen LogP contribution in [-0.2, 0) is 0 Å². The predicted molar refractivity (Wildman–Crippen MR) is 66.5 cm³/mol. The summed E-state index contributed by atoms with van der Waals surface area (Å²) in [5.41, 5.74) is 0. The minimum atomic E-state index is 1.10. The van der Waals surface area contributed by atoms with Crippen molar-refractivity contribution in [1.29, 1.82) is 0 Å². The van der Waals surface area contributed by atoms with Crippen LogP contribution in [0, 0.1) is 0 Å². The minimum absolute atomic E-state index is 1.10. The Hall–Kier alpha value is -0.780. The first-order valence-electron chi connectivity index (χ1n) is 5.86. The molecule has 0 rings (SSSR count). The Morgan fingerprint density at radius 2 is 1.14 bits per heavy atom. The summed E-state index contributed by atoms with van der Waals surface area (Å²) >= 11 is 0. The average molecular weight is 192 g/mol. The summed E-state index contributed by atoms with van der Waals surface area (Å²) in [6.07, 6.45) is 20.7. The van der Waals surface area contributed by atoms with Crippen LogP contribution in [0.5, 0.6) is 0 Å². The van der Waals surface area contributed by atoms with Gasteiger partial charge in [-0.15, -0.1) is 0 Å².